The number of amidine groups is 1. The van der Waals surface area contributed by atoms with Crippen molar-refractivity contribution in [3.8, 4) is 0 Å². The minimum atomic E-state index is -3.04. The summed E-state index contributed by atoms with van der Waals surface area (Å²) in [6.45, 7) is 1.97. The third-order valence-corrected chi connectivity index (χ3v) is 7.12. The van der Waals surface area contributed by atoms with Gasteiger partial charge in [0, 0.05) is 10.9 Å². The van der Waals surface area contributed by atoms with Crippen molar-refractivity contribution in [2.24, 2.45) is 4.99 Å². The minimum absolute atomic E-state index is 0.0900. The van der Waals surface area contributed by atoms with Gasteiger partial charge < -0.3 is 4.90 Å². The summed E-state index contributed by atoms with van der Waals surface area (Å²) in [7, 11) is -3.04. The zero-order valence-corrected chi connectivity index (χ0v) is 14.3. The molecular formula is C14H15ClN2O3S2. The van der Waals surface area contributed by atoms with Crippen molar-refractivity contribution in [1.29, 1.82) is 0 Å². The molecule has 118 valence electrons. The van der Waals surface area contributed by atoms with Crippen LogP contribution in [0.2, 0.25) is 0 Å². The molecule has 2 atom stereocenters. The lowest BCUT2D eigenvalue weighted by atomic mass is 10.1. The van der Waals surface area contributed by atoms with Crippen LogP contribution in [0.25, 0.3) is 0 Å². The van der Waals surface area contributed by atoms with E-state index >= 15 is 0 Å². The molecular weight excluding hydrogens is 344 g/mol. The Balaban J connectivity index is 2.03. The Kier molecular flexibility index (Phi) is 4.22. The van der Waals surface area contributed by atoms with Gasteiger partial charge in [-0.15, -0.1) is 11.6 Å². The van der Waals surface area contributed by atoms with Crippen LogP contribution in [0.3, 0.4) is 0 Å². The van der Waals surface area contributed by atoms with Crippen molar-refractivity contribution in [2.45, 2.75) is 18.2 Å². The molecule has 1 aromatic rings. The topological polar surface area (TPSA) is 66.8 Å². The molecule has 3 rings (SSSR count). The number of nitrogens with zero attached hydrogens (tertiary/aromatic N) is 2. The monoisotopic (exact) mass is 358 g/mol. The summed E-state index contributed by atoms with van der Waals surface area (Å²) in [5.74, 6) is -0.380. The highest BCUT2D eigenvalue weighted by molar-refractivity contribution is 8.16. The maximum atomic E-state index is 11.9. The Hall–Kier alpha value is -1.05. The van der Waals surface area contributed by atoms with Gasteiger partial charge in [0.2, 0.25) is 0 Å². The van der Waals surface area contributed by atoms with E-state index in [1.54, 1.807) is 0 Å². The molecule has 2 heterocycles. The summed E-state index contributed by atoms with van der Waals surface area (Å²) in [5.41, 5.74) is 1.92. The van der Waals surface area contributed by atoms with Crippen LogP contribution in [0.1, 0.15) is 5.56 Å². The number of rotatable bonds is 2. The van der Waals surface area contributed by atoms with Gasteiger partial charge in [-0.25, -0.2) is 8.42 Å². The molecule has 5 nitrogen and oxygen atoms in total. The molecule has 0 saturated carbocycles. The molecule has 0 spiro atoms. The maximum absolute atomic E-state index is 11.9. The van der Waals surface area contributed by atoms with E-state index in [-0.39, 0.29) is 28.7 Å². The average molecular weight is 359 g/mol. The molecule has 0 N–H and O–H groups in total. The number of sulfone groups is 1. The van der Waals surface area contributed by atoms with Crippen LogP contribution < -0.4 is 4.90 Å². The summed E-state index contributed by atoms with van der Waals surface area (Å²) in [5, 5.41) is 0.452. The standard InChI is InChI=1S/C14H15ClN2O3S2/c1-9-3-2-4-10(5-9)17-11-7-22(19,20)8-12(11)21-14(17)16-13(18)6-15/h2-5,11-12H,6-8H2,1H3/t11-,12+/m1/s1. The van der Waals surface area contributed by atoms with Crippen LogP contribution in [0.5, 0.6) is 0 Å². The summed E-state index contributed by atoms with van der Waals surface area (Å²) < 4.78 is 23.8. The predicted molar refractivity (Wildman–Crippen MR) is 90.6 cm³/mol. The third kappa shape index (κ3) is 3.02. The van der Waals surface area contributed by atoms with Gasteiger partial charge in [-0.05, 0) is 24.6 Å². The Labute approximate surface area is 138 Å². The smallest absolute Gasteiger partial charge is 0.262 e. The number of hydrogen-bond acceptors (Lipinski definition) is 4. The van der Waals surface area contributed by atoms with Crippen LogP contribution in [0.4, 0.5) is 5.69 Å². The number of aryl methyl sites for hydroxylation is 1. The van der Waals surface area contributed by atoms with E-state index in [9.17, 15) is 13.2 Å². The second-order valence-corrected chi connectivity index (χ2v) is 9.06. The van der Waals surface area contributed by atoms with Gasteiger partial charge in [0.25, 0.3) is 5.91 Å². The Morgan fingerprint density at radius 2 is 2.23 bits per heavy atom. The van der Waals surface area contributed by atoms with Crippen molar-refractivity contribution in [2.75, 3.05) is 22.3 Å². The van der Waals surface area contributed by atoms with E-state index < -0.39 is 15.7 Å². The first-order valence-corrected chi connectivity index (χ1v) is 10.0. The Morgan fingerprint density at radius 3 is 2.91 bits per heavy atom. The Morgan fingerprint density at radius 1 is 1.45 bits per heavy atom. The van der Waals surface area contributed by atoms with E-state index in [1.165, 1.54) is 11.8 Å². The zero-order chi connectivity index (χ0) is 15.9. The number of anilines is 1. The normalized spacial score (nSPS) is 28.1. The molecule has 2 saturated heterocycles. The molecule has 0 radical (unpaired) electrons. The van der Waals surface area contributed by atoms with Crippen molar-refractivity contribution in [3.05, 3.63) is 29.8 Å². The first kappa shape index (κ1) is 15.8. The maximum Gasteiger partial charge on any atom is 0.262 e. The van der Waals surface area contributed by atoms with Gasteiger partial charge in [-0.1, -0.05) is 23.9 Å². The molecule has 0 bridgehead atoms. The van der Waals surface area contributed by atoms with Gasteiger partial charge in [0.05, 0.1) is 17.5 Å². The van der Waals surface area contributed by atoms with Crippen LogP contribution in [-0.2, 0) is 14.6 Å². The number of aliphatic imine (C=N–C) groups is 1. The van der Waals surface area contributed by atoms with Gasteiger partial charge in [-0.3, -0.25) is 4.79 Å². The molecule has 2 aliphatic rings. The van der Waals surface area contributed by atoms with Gasteiger partial charge in [0.1, 0.15) is 5.88 Å². The van der Waals surface area contributed by atoms with Gasteiger partial charge in [-0.2, -0.15) is 4.99 Å². The fourth-order valence-corrected chi connectivity index (χ4v) is 6.77. The van der Waals surface area contributed by atoms with E-state index in [1.807, 2.05) is 36.1 Å². The second kappa shape index (κ2) is 5.86. The first-order valence-electron chi connectivity index (χ1n) is 6.80. The molecule has 1 aromatic carbocycles. The van der Waals surface area contributed by atoms with Crippen LogP contribution in [0, 0.1) is 6.92 Å². The van der Waals surface area contributed by atoms with Crippen molar-refractivity contribution >= 4 is 50.0 Å². The fourth-order valence-electron chi connectivity index (χ4n) is 2.78. The zero-order valence-electron chi connectivity index (χ0n) is 11.9. The summed E-state index contributed by atoms with van der Waals surface area (Å²) in [6.07, 6.45) is 0. The van der Waals surface area contributed by atoms with Crippen molar-refractivity contribution in [3.63, 3.8) is 0 Å². The lowest BCUT2D eigenvalue weighted by Crippen LogP contribution is -2.37. The summed E-state index contributed by atoms with van der Waals surface area (Å²) in [4.78, 5) is 17.5. The lowest BCUT2D eigenvalue weighted by molar-refractivity contribution is -0.115. The van der Waals surface area contributed by atoms with E-state index in [0.717, 1.165) is 11.3 Å². The van der Waals surface area contributed by atoms with Gasteiger partial charge >= 0.3 is 0 Å². The number of fused-ring (bicyclic) bond motifs is 1. The van der Waals surface area contributed by atoms with Crippen LogP contribution >= 0.6 is 23.4 Å². The number of hydrogen-bond donors (Lipinski definition) is 0. The minimum Gasteiger partial charge on any atom is -0.316 e. The van der Waals surface area contributed by atoms with Crippen LogP contribution in [-0.4, -0.2) is 48.2 Å². The predicted octanol–water partition coefficient (Wildman–Crippen LogP) is 1.84. The number of carbonyl (C=O) groups excluding carboxylic acids is 1. The quantitative estimate of drug-likeness (QED) is 0.754. The number of benzene rings is 1. The number of alkyl halides is 1. The fraction of sp³-hybridized carbons (Fsp3) is 0.429. The number of amides is 1. The molecule has 2 fully saturated rings. The largest absolute Gasteiger partial charge is 0.316 e. The lowest BCUT2D eigenvalue weighted by Gasteiger charge is -2.24. The molecule has 2 aliphatic heterocycles. The molecule has 22 heavy (non-hydrogen) atoms. The van der Waals surface area contributed by atoms with Crippen molar-refractivity contribution in [1.82, 2.24) is 0 Å². The molecule has 1 amide bonds. The molecule has 0 aliphatic carbocycles. The first-order chi connectivity index (χ1) is 10.4. The van der Waals surface area contributed by atoms with Gasteiger partial charge in [0.15, 0.2) is 15.0 Å². The highest BCUT2D eigenvalue weighted by atomic mass is 35.5. The van der Waals surface area contributed by atoms with E-state index in [4.69, 9.17) is 11.6 Å². The van der Waals surface area contributed by atoms with E-state index in [0.29, 0.717) is 5.17 Å². The number of halogens is 1. The summed E-state index contributed by atoms with van der Waals surface area (Å²) in [6, 6.07) is 7.57. The molecule has 0 aromatic heterocycles. The SMILES string of the molecule is Cc1cccc(N2C(=NC(=O)CCl)S[C@H]3CS(=O)(=O)C[C@H]32)c1. The van der Waals surface area contributed by atoms with E-state index in [2.05, 4.69) is 4.99 Å². The number of thioether (sulfide) groups is 1. The third-order valence-electron chi connectivity index (χ3n) is 3.68. The highest BCUT2D eigenvalue weighted by Gasteiger charge is 2.49. The summed E-state index contributed by atoms with van der Waals surface area (Å²) >= 11 is 6.89. The highest BCUT2D eigenvalue weighted by Crippen LogP contribution is 2.41. The molecule has 0 unspecified atom stereocenters. The van der Waals surface area contributed by atoms with Crippen LogP contribution in [0.15, 0.2) is 29.3 Å². The second-order valence-electron chi connectivity index (χ2n) is 5.43. The number of carbonyl (C=O) groups is 1. The Bertz CT molecular complexity index is 748. The average Bonchev–Trinajstić information content (AvgIpc) is 2.89. The van der Waals surface area contributed by atoms with Crippen molar-refractivity contribution < 1.29 is 13.2 Å². The molecule has 8 heteroatoms.